The van der Waals surface area contributed by atoms with E-state index in [4.69, 9.17) is 5.84 Å². The van der Waals surface area contributed by atoms with Crippen LogP contribution >= 0.6 is 11.3 Å². The molecule has 0 atom stereocenters. The van der Waals surface area contributed by atoms with Gasteiger partial charge in [0, 0.05) is 17.5 Å². The summed E-state index contributed by atoms with van der Waals surface area (Å²) in [6, 6.07) is 2.68. The van der Waals surface area contributed by atoms with Gasteiger partial charge in [0.2, 0.25) is 0 Å². The van der Waals surface area contributed by atoms with Crippen LogP contribution in [0.15, 0.2) is 6.07 Å². The Kier molecular flexibility index (Phi) is 3.81. The van der Waals surface area contributed by atoms with Crippen molar-refractivity contribution in [1.29, 1.82) is 0 Å². The van der Waals surface area contributed by atoms with Crippen LogP contribution in [0.4, 0.5) is 0 Å². The summed E-state index contributed by atoms with van der Waals surface area (Å²) >= 11 is 1.51. The average Bonchev–Trinajstić information content (AvgIpc) is 2.56. The third-order valence-electron chi connectivity index (χ3n) is 3.49. The molecular weight excluding hydrogens is 234 g/mol. The number of aryl methyl sites for hydroxylation is 1. The zero-order valence-electron chi connectivity index (χ0n) is 10.3. The lowest BCUT2D eigenvalue weighted by atomic mass is 9.91. The van der Waals surface area contributed by atoms with Crippen LogP contribution in [0, 0.1) is 6.92 Å². The number of nitrogen functional groups attached to an aromatic ring is 1. The molecule has 0 saturated heterocycles. The fourth-order valence-corrected chi connectivity index (χ4v) is 3.02. The zero-order valence-corrected chi connectivity index (χ0v) is 11.1. The fourth-order valence-electron chi connectivity index (χ4n) is 2.09. The van der Waals surface area contributed by atoms with E-state index in [1.165, 1.54) is 41.0 Å². The Labute approximate surface area is 106 Å². The Balaban J connectivity index is 2.04. The first-order valence-electron chi connectivity index (χ1n) is 5.92. The first-order chi connectivity index (χ1) is 8.11. The Hall–Kier alpha value is -0.910. The summed E-state index contributed by atoms with van der Waals surface area (Å²) in [6.07, 6.45) is 3.95. The lowest BCUT2D eigenvalue weighted by Crippen LogP contribution is -2.36. The second kappa shape index (κ2) is 5.16. The van der Waals surface area contributed by atoms with Crippen LogP contribution in [0.2, 0.25) is 0 Å². The summed E-state index contributed by atoms with van der Waals surface area (Å²) in [7, 11) is 2.16. The summed E-state index contributed by atoms with van der Waals surface area (Å²) < 4.78 is 0. The van der Waals surface area contributed by atoms with Crippen molar-refractivity contribution in [2.45, 2.75) is 38.8 Å². The smallest absolute Gasteiger partial charge is 0.275 e. The molecule has 1 saturated carbocycles. The summed E-state index contributed by atoms with van der Waals surface area (Å²) in [5.41, 5.74) is 3.42. The van der Waals surface area contributed by atoms with E-state index in [1.807, 2.05) is 6.07 Å². The maximum absolute atomic E-state index is 11.4. The highest BCUT2D eigenvalue weighted by atomic mass is 32.1. The molecule has 0 unspecified atom stereocenters. The first kappa shape index (κ1) is 12.5. The average molecular weight is 253 g/mol. The van der Waals surface area contributed by atoms with Crippen LogP contribution < -0.4 is 11.3 Å². The van der Waals surface area contributed by atoms with Gasteiger partial charge in [-0.25, -0.2) is 5.84 Å². The molecule has 0 aliphatic heterocycles. The van der Waals surface area contributed by atoms with Crippen LogP contribution in [0.3, 0.4) is 0 Å². The van der Waals surface area contributed by atoms with Gasteiger partial charge in [0.25, 0.3) is 5.91 Å². The van der Waals surface area contributed by atoms with Crippen molar-refractivity contribution < 1.29 is 4.79 Å². The van der Waals surface area contributed by atoms with Crippen molar-refractivity contribution >= 4 is 17.2 Å². The van der Waals surface area contributed by atoms with Crippen LogP contribution in [-0.4, -0.2) is 23.9 Å². The van der Waals surface area contributed by atoms with Crippen molar-refractivity contribution in [3.8, 4) is 0 Å². The molecule has 1 aliphatic rings. The second-order valence-corrected chi connectivity index (χ2v) is 5.92. The fraction of sp³-hybridized carbons (Fsp3) is 0.583. The van der Waals surface area contributed by atoms with Gasteiger partial charge >= 0.3 is 0 Å². The van der Waals surface area contributed by atoms with E-state index in [2.05, 4.69) is 24.3 Å². The third-order valence-corrected chi connectivity index (χ3v) is 4.58. The van der Waals surface area contributed by atoms with Crippen LogP contribution in [0.25, 0.3) is 0 Å². The summed E-state index contributed by atoms with van der Waals surface area (Å²) in [6.45, 7) is 2.98. The molecule has 1 aromatic heterocycles. The zero-order chi connectivity index (χ0) is 12.4. The van der Waals surface area contributed by atoms with Crippen molar-refractivity contribution in [3.05, 3.63) is 21.4 Å². The number of carbonyl (C=O) groups excluding carboxylic acids is 1. The molecule has 3 N–H and O–H groups in total. The predicted octanol–water partition coefficient (Wildman–Crippen LogP) is 1.64. The molecule has 1 amide bonds. The standard InChI is InChI=1S/C12H19N3OS/c1-8-9(6-11(17-8)12(16)14-13)7-15(2)10-4-3-5-10/h6,10H,3-5,7,13H2,1-2H3,(H,14,16). The minimum Gasteiger partial charge on any atom is -0.299 e. The van der Waals surface area contributed by atoms with E-state index in [1.54, 1.807) is 0 Å². The summed E-state index contributed by atoms with van der Waals surface area (Å²) in [4.78, 5) is 15.7. The van der Waals surface area contributed by atoms with Crippen LogP contribution in [0.5, 0.6) is 0 Å². The molecule has 4 nitrogen and oxygen atoms in total. The quantitative estimate of drug-likeness (QED) is 0.487. The number of hydrogen-bond acceptors (Lipinski definition) is 4. The van der Waals surface area contributed by atoms with Gasteiger partial charge in [-0.3, -0.25) is 15.1 Å². The minimum absolute atomic E-state index is 0.198. The maximum atomic E-state index is 11.4. The van der Waals surface area contributed by atoms with Gasteiger partial charge in [-0.15, -0.1) is 11.3 Å². The van der Waals surface area contributed by atoms with Gasteiger partial charge in [-0.2, -0.15) is 0 Å². The third kappa shape index (κ3) is 2.68. The number of carbonyl (C=O) groups is 1. The lowest BCUT2D eigenvalue weighted by Gasteiger charge is -2.34. The number of amides is 1. The number of nitrogens with zero attached hydrogens (tertiary/aromatic N) is 1. The highest BCUT2D eigenvalue weighted by molar-refractivity contribution is 7.14. The van der Waals surface area contributed by atoms with Gasteiger partial charge in [0.1, 0.15) is 0 Å². The second-order valence-electron chi connectivity index (χ2n) is 4.67. The number of hydrogen-bond donors (Lipinski definition) is 2. The molecule has 2 rings (SSSR count). The van der Waals surface area contributed by atoms with Gasteiger partial charge < -0.3 is 0 Å². The normalized spacial score (nSPS) is 16.0. The number of nitrogens with two attached hydrogens (primary N) is 1. The molecule has 1 heterocycles. The molecule has 17 heavy (non-hydrogen) atoms. The molecule has 94 valence electrons. The van der Waals surface area contributed by atoms with Crippen LogP contribution in [-0.2, 0) is 6.54 Å². The molecule has 1 fully saturated rings. The Morgan fingerprint density at radius 1 is 1.65 bits per heavy atom. The Morgan fingerprint density at radius 2 is 2.35 bits per heavy atom. The highest BCUT2D eigenvalue weighted by Gasteiger charge is 2.23. The monoisotopic (exact) mass is 253 g/mol. The molecular formula is C12H19N3OS. The molecule has 0 spiro atoms. The molecule has 5 heteroatoms. The van der Waals surface area contributed by atoms with Crippen molar-refractivity contribution in [1.82, 2.24) is 10.3 Å². The first-order valence-corrected chi connectivity index (χ1v) is 6.74. The van der Waals surface area contributed by atoms with E-state index in [9.17, 15) is 4.79 Å². The summed E-state index contributed by atoms with van der Waals surface area (Å²) in [5, 5.41) is 0. The molecule has 1 aliphatic carbocycles. The largest absolute Gasteiger partial charge is 0.299 e. The van der Waals surface area contributed by atoms with E-state index >= 15 is 0 Å². The number of rotatable bonds is 4. The SMILES string of the molecule is Cc1sc(C(=O)NN)cc1CN(C)C1CCC1. The summed E-state index contributed by atoms with van der Waals surface area (Å²) in [5.74, 6) is 4.94. The van der Waals surface area contributed by atoms with Crippen LogP contribution in [0.1, 0.15) is 39.4 Å². The maximum Gasteiger partial charge on any atom is 0.275 e. The van der Waals surface area contributed by atoms with E-state index in [0.29, 0.717) is 4.88 Å². The topological polar surface area (TPSA) is 58.4 Å². The van der Waals surface area contributed by atoms with Crippen molar-refractivity contribution in [2.75, 3.05) is 7.05 Å². The predicted molar refractivity (Wildman–Crippen MR) is 69.8 cm³/mol. The highest BCUT2D eigenvalue weighted by Crippen LogP contribution is 2.28. The Bertz CT molecular complexity index is 412. The lowest BCUT2D eigenvalue weighted by molar-refractivity contribution is 0.0957. The number of hydrazine groups is 1. The van der Waals surface area contributed by atoms with Gasteiger partial charge in [0.05, 0.1) is 4.88 Å². The van der Waals surface area contributed by atoms with Gasteiger partial charge in [-0.1, -0.05) is 6.42 Å². The van der Waals surface area contributed by atoms with Crippen molar-refractivity contribution in [3.63, 3.8) is 0 Å². The molecule has 0 radical (unpaired) electrons. The molecule has 1 aromatic rings. The number of thiophene rings is 1. The minimum atomic E-state index is -0.198. The van der Waals surface area contributed by atoms with Crippen molar-refractivity contribution in [2.24, 2.45) is 5.84 Å². The molecule has 0 aromatic carbocycles. The Morgan fingerprint density at radius 3 is 2.88 bits per heavy atom. The van der Waals surface area contributed by atoms with E-state index < -0.39 is 0 Å². The van der Waals surface area contributed by atoms with E-state index in [0.717, 1.165) is 12.6 Å². The molecule has 0 bridgehead atoms. The van der Waals surface area contributed by atoms with E-state index in [-0.39, 0.29) is 5.91 Å². The van der Waals surface area contributed by atoms with Gasteiger partial charge in [-0.05, 0) is 38.4 Å². The number of nitrogens with one attached hydrogen (secondary N) is 1. The van der Waals surface area contributed by atoms with Gasteiger partial charge in [0.15, 0.2) is 0 Å².